The van der Waals surface area contributed by atoms with Crippen molar-refractivity contribution in [1.29, 1.82) is 0 Å². The minimum absolute atomic E-state index is 0.0950. The van der Waals surface area contributed by atoms with Crippen molar-refractivity contribution in [3.8, 4) is 0 Å². The molecule has 2 unspecified atom stereocenters. The molecule has 0 spiro atoms. The van der Waals surface area contributed by atoms with Crippen LogP contribution in [-0.2, 0) is 14.3 Å². The Morgan fingerprint density at radius 3 is 2.67 bits per heavy atom. The first-order valence-electron chi connectivity index (χ1n) is 7.58. The second-order valence-electron chi connectivity index (χ2n) is 5.68. The molecule has 3 heteroatoms. The van der Waals surface area contributed by atoms with Crippen LogP contribution in [-0.4, -0.2) is 23.8 Å². The van der Waals surface area contributed by atoms with Gasteiger partial charge in [-0.3, -0.25) is 0 Å². The maximum atomic E-state index is 12.3. The average Bonchev–Trinajstić information content (AvgIpc) is 3.05. The van der Waals surface area contributed by atoms with E-state index >= 15 is 0 Å². The highest BCUT2D eigenvalue weighted by Crippen LogP contribution is 2.58. The molecule has 2 atom stereocenters. The number of esters is 1. The predicted octanol–water partition coefficient (Wildman–Crippen LogP) is 3.60. The van der Waals surface area contributed by atoms with Gasteiger partial charge >= 0.3 is 5.97 Å². The molecule has 18 heavy (non-hydrogen) atoms. The van der Waals surface area contributed by atoms with Crippen LogP contribution in [0.15, 0.2) is 0 Å². The molecule has 0 N–H and O–H groups in total. The summed E-state index contributed by atoms with van der Waals surface area (Å²) in [5, 5.41) is 0. The smallest absolute Gasteiger partial charge is 0.341 e. The van der Waals surface area contributed by atoms with Crippen molar-refractivity contribution in [3.05, 3.63) is 0 Å². The standard InChI is InChI=1S/C15H26O3/c1-3-5-9-12-17-13(16)15-11-8-6-7-10-14(15,4-2)18-15/h3-12H2,1-2H3. The minimum atomic E-state index is -0.579. The number of unbranched alkanes of at least 4 members (excludes halogenated alkanes) is 2. The summed E-state index contributed by atoms with van der Waals surface area (Å²) in [6.07, 6.45) is 9.54. The lowest BCUT2D eigenvalue weighted by molar-refractivity contribution is -0.150. The van der Waals surface area contributed by atoms with Gasteiger partial charge in [0.2, 0.25) is 0 Å². The van der Waals surface area contributed by atoms with Crippen LogP contribution in [0.1, 0.15) is 71.6 Å². The molecule has 2 fully saturated rings. The van der Waals surface area contributed by atoms with Crippen molar-refractivity contribution >= 4 is 5.97 Å². The van der Waals surface area contributed by atoms with Crippen LogP contribution in [0.4, 0.5) is 0 Å². The van der Waals surface area contributed by atoms with Crippen LogP contribution in [0.5, 0.6) is 0 Å². The molecule has 1 saturated carbocycles. The summed E-state index contributed by atoms with van der Waals surface area (Å²) >= 11 is 0. The Bertz CT molecular complexity index is 298. The zero-order valence-corrected chi connectivity index (χ0v) is 11.8. The lowest BCUT2D eigenvalue weighted by atomic mass is 9.86. The molecule has 0 aromatic heterocycles. The van der Waals surface area contributed by atoms with Gasteiger partial charge < -0.3 is 9.47 Å². The minimum Gasteiger partial charge on any atom is -0.463 e. The molecule has 104 valence electrons. The summed E-state index contributed by atoms with van der Waals surface area (Å²) < 4.78 is 11.4. The highest BCUT2D eigenvalue weighted by molar-refractivity contribution is 5.85. The largest absolute Gasteiger partial charge is 0.463 e. The van der Waals surface area contributed by atoms with Gasteiger partial charge in [-0.15, -0.1) is 0 Å². The summed E-state index contributed by atoms with van der Waals surface area (Å²) in [5.74, 6) is -0.0950. The van der Waals surface area contributed by atoms with E-state index in [4.69, 9.17) is 9.47 Å². The zero-order chi connectivity index (χ0) is 13.1. The maximum Gasteiger partial charge on any atom is 0.341 e. The molecule has 0 amide bonds. The lowest BCUT2D eigenvalue weighted by Gasteiger charge is -2.15. The highest BCUT2D eigenvalue weighted by atomic mass is 16.7. The summed E-state index contributed by atoms with van der Waals surface area (Å²) in [5.41, 5.74) is -0.768. The Balaban J connectivity index is 1.91. The predicted molar refractivity (Wildman–Crippen MR) is 70.4 cm³/mol. The van der Waals surface area contributed by atoms with Crippen LogP contribution in [0.25, 0.3) is 0 Å². The van der Waals surface area contributed by atoms with Gasteiger partial charge in [-0.2, -0.15) is 0 Å². The van der Waals surface area contributed by atoms with E-state index in [9.17, 15) is 4.79 Å². The molecule has 1 aliphatic carbocycles. The van der Waals surface area contributed by atoms with Crippen LogP contribution in [0.3, 0.4) is 0 Å². The third-order valence-electron chi connectivity index (χ3n) is 4.56. The first-order chi connectivity index (χ1) is 8.71. The summed E-state index contributed by atoms with van der Waals surface area (Å²) in [7, 11) is 0. The van der Waals surface area contributed by atoms with Gasteiger partial charge in [0.1, 0.15) is 5.60 Å². The molecule has 3 nitrogen and oxygen atoms in total. The summed E-state index contributed by atoms with van der Waals surface area (Å²) in [4.78, 5) is 12.3. The maximum absolute atomic E-state index is 12.3. The van der Waals surface area contributed by atoms with E-state index in [1.807, 2.05) is 0 Å². The number of hydrogen-bond donors (Lipinski definition) is 0. The second-order valence-corrected chi connectivity index (χ2v) is 5.68. The van der Waals surface area contributed by atoms with Gasteiger partial charge in [-0.05, 0) is 32.1 Å². The Morgan fingerprint density at radius 1 is 1.17 bits per heavy atom. The number of carbonyl (C=O) groups excluding carboxylic acids is 1. The monoisotopic (exact) mass is 254 g/mol. The average molecular weight is 254 g/mol. The quantitative estimate of drug-likeness (QED) is 0.413. The fourth-order valence-corrected chi connectivity index (χ4v) is 3.30. The Morgan fingerprint density at radius 2 is 1.94 bits per heavy atom. The zero-order valence-electron chi connectivity index (χ0n) is 11.8. The van der Waals surface area contributed by atoms with Gasteiger partial charge in [0.25, 0.3) is 0 Å². The van der Waals surface area contributed by atoms with Crippen molar-refractivity contribution in [3.63, 3.8) is 0 Å². The van der Waals surface area contributed by atoms with Crippen LogP contribution >= 0.6 is 0 Å². The molecule has 1 aliphatic heterocycles. The molecule has 2 aliphatic rings. The second kappa shape index (κ2) is 5.60. The first kappa shape index (κ1) is 13.9. The van der Waals surface area contributed by atoms with Crippen molar-refractivity contribution in [2.75, 3.05) is 6.61 Å². The van der Waals surface area contributed by atoms with E-state index in [1.54, 1.807) is 0 Å². The van der Waals surface area contributed by atoms with E-state index in [0.717, 1.165) is 44.9 Å². The third-order valence-corrected chi connectivity index (χ3v) is 4.56. The molecular formula is C15H26O3. The summed E-state index contributed by atoms with van der Waals surface area (Å²) in [6, 6.07) is 0. The number of epoxide rings is 1. The first-order valence-corrected chi connectivity index (χ1v) is 7.58. The van der Waals surface area contributed by atoms with Gasteiger partial charge in [-0.25, -0.2) is 4.79 Å². The molecule has 0 aromatic rings. The fraction of sp³-hybridized carbons (Fsp3) is 0.933. The molecule has 0 bridgehead atoms. The van der Waals surface area contributed by atoms with E-state index < -0.39 is 5.60 Å². The van der Waals surface area contributed by atoms with Crippen molar-refractivity contribution < 1.29 is 14.3 Å². The molecule has 1 saturated heterocycles. The molecule has 1 heterocycles. The molecule has 2 rings (SSSR count). The number of ether oxygens (including phenoxy) is 2. The van der Waals surface area contributed by atoms with Gasteiger partial charge in [0, 0.05) is 0 Å². The van der Waals surface area contributed by atoms with E-state index in [2.05, 4.69) is 13.8 Å². The van der Waals surface area contributed by atoms with Crippen LogP contribution in [0, 0.1) is 0 Å². The number of rotatable bonds is 6. The van der Waals surface area contributed by atoms with Crippen molar-refractivity contribution in [2.24, 2.45) is 0 Å². The molecule has 0 aromatic carbocycles. The fourth-order valence-electron chi connectivity index (χ4n) is 3.30. The van der Waals surface area contributed by atoms with Crippen molar-refractivity contribution in [2.45, 2.75) is 82.8 Å². The Labute approximate surface area is 110 Å². The lowest BCUT2D eigenvalue weighted by Crippen LogP contribution is -2.35. The normalized spacial score (nSPS) is 34.6. The third kappa shape index (κ3) is 2.29. The van der Waals surface area contributed by atoms with E-state index in [1.165, 1.54) is 12.8 Å². The van der Waals surface area contributed by atoms with Crippen LogP contribution in [0.2, 0.25) is 0 Å². The SMILES string of the molecule is CCCCCOC(=O)C12CCCCCC1(CC)O2. The van der Waals surface area contributed by atoms with Gasteiger partial charge in [-0.1, -0.05) is 39.5 Å². The van der Waals surface area contributed by atoms with Gasteiger partial charge in [0.15, 0.2) is 5.60 Å². The topological polar surface area (TPSA) is 38.8 Å². The number of hydrogen-bond acceptors (Lipinski definition) is 3. The summed E-state index contributed by atoms with van der Waals surface area (Å²) in [6.45, 7) is 4.83. The van der Waals surface area contributed by atoms with Crippen LogP contribution < -0.4 is 0 Å². The Kier molecular flexibility index (Phi) is 4.31. The highest BCUT2D eigenvalue weighted by Gasteiger charge is 2.73. The van der Waals surface area contributed by atoms with Crippen molar-refractivity contribution in [1.82, 2.24) is 0 Å². The Hall–Kier alpha value is -0.570. The molecular weight excluding hydrogens is 228 g/mol. The number of fused-ring (bicyclic) bond motifs is 1. The van der Waals surface area contributed by atoms with E-state index in [-0.39, 0.29) is 11.6 Å². The van der Waals surface area contributed by atoms with E-state index in [0.29, 0.717) is 6.61 Å². The number of carbonyl (C=O) groups is 1. The van der Waals surface area contributed by atoms with Gasteiger partial charge in [0.05, 0.1) is 6.61 Å². The molecule has 0 radical (unpaired) electrons.